The van der Waals surface area contributed by atoms with Gasteiger partial charge in [0, 0.05) is 12.5 Å². The number of carbonyl (C=O) groups excluding carboxylic acids is 3. The number of anilines is 1. The second-order valence-electron chi connectivity index (χ2n) is 7.87. The Morgan fingerprint density at radius 2 is 1.75 bits per heavy atom. The first-order valence-electron chi connectivity index (χ1n) is 10.1. The van der Waals surface area contributed by atoms with E-state index in [1.165, 1.54) is 11.8 Å². The Kier molecular flexibility index (Phi) is 5.52. The van der Waals surface area contributed by atoms with Crippen LogP contribution in [0.3, 0.4) is 0 Å². The van der Waals surface area contributed by atoms with Gasteiger partial charge in [-0.1, -0.05) is 59.4 Å². The first-order chi connectivity index (χ1) is 15.2. The molecule has 1 atom stereocenters. The van der Waals surface area contributed by atoms with Crippen LogP contribution in [0, 0.1) is 20.8 Å². The molecule has 1 amide bonds. The fourth-order valence-electron chi connectivity index (χ4n) is 3.93. The van der Waals surface area contributed by atoms with Crippen molar-refractivity contribution in [2.24, 2.45) is 0 Å². The number of aliphatic hydroxyl groups is 1. The molecule has 2 heterocycles. The summed E-state index contributed by atoms with van der Waals surface area (Å²) in [6, 6.07) is 13.8. The van der Waals surface area contributed by atoms with Gasteiger partial charge in [-0.25, -0.2) is 4.98 Å². The quantitative estimate of drug-likeness (QED) is 0.267. The van der Waals surface area contributed by atoms with Gasteiger partial charge in [0.25, 0.3) is 5.78 Å². The van der Waals surface area contributed by atoms with Gasteiger partial charge in [0.2, 0.25) is 0 Å². The van der Waals surface area contributed by atoms with E-state index >= 15 is 0 Å². The van der Waals surface area contributed by atoms with Crippen molar-refractivity contribution in [2.75, 3.05) is 4.90 Å². The van der Waals surface area contributed by atoms with E-state index in [-0.39, 0.29) is 22.2 Å². The van der Waals surface area contributed by atoms with E-state index in [0.29, 0.717) is 21.7 Å². The summed E-state index contributed by atoms with van der Waals surface area (Å²) in [5, 5.41) is 11.5. The Balaban J connectivity index is 1.97. The first-order valence-corrected chi connectivity index (χ1v) is 10.9. The number of hydrogen-bond donors (Lipinski definition) is 1. The van der Waals surface area contributed by atoms with E-state index in [0.717, 1.165) is 22.5 Å². The Bertz CT molecular complexity index is 1290. The highest BCUT2D eigenvalue weighted by molar-refractivity contribution is 7.18. The van der Waals surface area contributed by atoms with Crippen LogP contribution in [0.5, 0.6) is 0 Å². The Labute approximate surface area is 189 Å². The second-order valence-corrected chi connectivity index (χ2v) is 8.84. The molecule has 1 fully saturated rings. The first kappa shape index (κ1) is 21.6. The van der Waals surface area contributed by atoms with Crippen LogP contribution >= 0.6 is 11.3 Å². The predicted octanol–water partition coefficient (Wildman–Crippen LogP) is 4.90. The highest BCUT2D eigenvalue weighted by Crippen LogP contribution is 2.44. The van der Waals surface area contributed by atoms with Crippen LogP contribution in [0.2, 0.25) is 0 Å². The van der Waals surface area contributed by atoms with Gasteiger partial charge in [0.05, 0.1) is 22.2 Å². The number of amides is 1. The summed E-state index contributed by atoms with van der Waals surface area (Å²) in [6.45, 7) is 6.87. The summed E-state index contributed by atoms with van der Waals surface area (Å²) in [7, 11) is 0. The summed E-state index contributed by atoms with van der Waals surface area (Å²) < 4.78 is 0. The number of carbonyl (C=O) groups is 3. The van der Waals surface area contributed by atoms with E-state index in [9.17, 15) is 19.5 Å². The van der Waals surface area contributed by atoms with E-state index < -0.39 is 17.7 Å². The van der Waals surface area contributed by atoms with Crippen LogP contribution in [0.25, 0.3) is 5.76 Å². The zero-order chi connectivity index (χ0) is 23.2. The highest BCUT2D eigenvalue weighted by Gasteiger charge is 2.48. The molecule has 162 valence electrons. The fourth-order valence-corrected chi connectivity index (χ4v) is 4.92. The van der Waals surface area contributed by atoms with Gasteiger partial charge in [-0.2, -0.15) is 0 Å². The van der Waals surface area contributed by atoms with Gasteiger partial charge in [-0.05, 0) is 38.0 Å². The van der Waals surface area contributed by atoms with Gasteiger partial charge in [0.15, 0.2) is 10.9 Å². The minimum Gasteiger partial charge on any atom is -0.507 e. The van der Waals surface area contributed by atoms with Crippen LogP contribution in [0.4, 0.5) is 5.13 Å². The molecule has 0 aliphatic carbocycles. The lowest BCUT2D eigenvalue weighted by Crippen LogP contribution is -2.29. The van der Waals surface area contributed by atoms with Crippen molar-refractivity contribution in [3.05, 3.63) is 86.9 Å². The summed E-state index contributed by atoms with van der Waals surface area (Å²) in [5.74, 6) is -1.94. The molecule has 1 aromatic heterocycles. The molecule has 1 N–H and O–H groups in total. The molecule has 32 heavy (non-hydrogen) atoms. The molecule has 0 saturated carbocycles. The lowest BCUT2D eigenvalue weighted by Gasteiger charge is -2.23. The van der Waals surface area contributed by atoms with Crippen molar-refractivity contribution in [1.29, 1.82) is 0 Å². The second kappa shape index (κ2) is 8.16. The maximum absolute atomic E-state index is 13.2. The number of aromatic nitrogens is 1. The molecule has 0 radical (unpaired) electrons. The standard InChI is InChI=1S/C25H22N2O4S/c1-13-10-11-14(2)18(12-13)21(29)19-20(17-8-6-5-7-9-17)27(24(31)22(19)30)25-26-15(3)23(32-25)16(4)28/h5-12,20,29H,1-4H3/b21-19+. The van der Waals surface area contributed by atoms with Gasteiger partial charge in [0.1, 0.15) is 5.76 Å². The van der Waals surface area contributed by atoms with Crippen molar-refractivity contribution in [2.45, 2.75) is 33.7 Å². The number of hydrogen-bond acceptors (Lipinski definition) is 6. The third-order valence-electron chi connectivity index (χ3n) is 5.52. The van der Waals surface area contributed by atoms with Crippen LogP contribution < -0.4 is 4.90 Å². The Morgan fingerprint density at radius 1 is 1.06 bits per heavy atom. The number of nitrogens with zero attached hydrogens (tertiary/aromatic N) is 2. The van der Waals surface area contributed by atoms with Crippen LogP contribution in [0.15, 0.2) is 54.1 Å². The van der Waals surface area contributed by atoms with Crippen molar-refractivity contribution >= 4 is 39.7 Å². The third kappa shape index (κ3) is 3.54. The van der Waals surface area contributed by atoms with Crippen molar-refractivity contribution in [3.8, 4) is 0 Å². The zero-order valence-corrected chi connectivity index (χ0v) is 19.0. The van der Waals surface area contributed by atoms with E-state index in [1.54, 1.807) is 25.1 Å². The minimum absolute atomic E-state index is 0.00660. The van der Waals surface area contributed by atoms with Crippen LogP contribution in [-0.2, 0) is 9.59 Å². The molecule has 6 nitrogen and oxygen atoms in total. The summed E-state index contributed by atoms with van der Waals surface area (Å²) in [6.07, 6.45) is 0. The molecular formula is C25H22N2O4S. The van der Waals surface area contributed by atoms with E-state index in [2.05, 4.69) is 4.98 Å². The average Bonchev–Trinajstić information content (AvgIpc) is 3.27. The number of rotatable bonds is 4. The molecule has 1 unspecified atom stereocenters. The monoisotopic (exact) mass is 446 g/mol. The SMILES string of the molecule is CC(=O)c1sc(N2C(=O)C(=O)/C(=C(/O)c3cc(C)ccc3C)C2c2ccccc2)nc1C. The maximum Gasteiger partial charge on any atom is 0.301 e. The number of Topliss-reactive ketones (excluding diaryl/α,β-unsaturated/α-hetero) is 2. The topological polar surface area (TPSA) is 87.6 Å². The van der Waals surface area contributed by atoms with Gasteiger partial charge in [-0.15, -0.1) is 0 Å². The molecule has 1 aliphatic rings. The molecule has 1 aliphatic heterocycles. The number of benzene rings is 2. The van der Waals surface area contributed by atoms with Crippen molar-refractivity contribution < 1.29 is 19.5 Å². The molecule has 2 aromatic carbocycles. The van der Waals surface area contributed by atoms with E-state index in [4.69, 9.17) is 0 Å². The van der Waals surface area contributed by atoms with E-state index in [1.807, 2.05) is 44.2 Å². The zero-order valence-electron chi connectivity index (χ0n) is 18.2. The predicted molar refractivity (Wildman–Crippen MR) is 124 cm³/mol. The summed E-state index contributed by atoms with van der Waals surface area (Å²) in [4.78, 5) is 44.5. The van der Waals surface area contributed by atoms with Gasteiger partial charge in [-0.3, -0.25) is 19.3 Å². The van der Waals surface area contributed by atoms with Gasteiger partial charge >= 0.3 is 5.91 Å². The molecule has 1 saturated heterocycles. The number of aliphatic hydroxyl groups excluding tert-OH is 1. The summed E-state index contributed by atoms with van der Waals surface area (Å²) >= 11 is 1.07. The summed E-state index contributed by atoms with van der Waals surface area (Å²) in [5.41, 5.74) is 3.38. The lowest BCUT2D eigenvalue weighted by molar-refractivity contribution is -0.132. The van der Waals surface area contributed by atoms with Crippen molar-refractivity contribution in [1.82, 2.24) is 4.98 Å². The Hall–Kier alpha value is -3.58. The molecule has 0 spiro atoms. The van der Waals surface area contributed by atoms with Crippen LogP contribution in [-0.4, -0.2) is 27.6 Å². The molecule has 4 rings (SSSR count). The normalized spacial score (nSPS) is 17.8. The molecule has 7 heteroatoms. The number of ketones is 2. The van der Waals surface area contributed by atoms with Gasteiger partial charge < -0.3 is 5.11 Å². The largest absolute Gasteiger partial charge is 0.507 e. The Morgan fingerprint density at radius 3 is 2.38 bits per heavy atom. The smallest absolute Gasteiger partial charge is 0.301 e. The van der Waals surface area contributed by atoms with Crippen LogP contribution in [0.1, 0.15) is 50.6 Å². The fraction of sp³-hybridized carbons (Fsp3) is 0.200. The average molecular weight is 447 g/mol. The lowest BCUT2D eigenvalue weighted by atomic mass is 9.93. The molecular weight excluding hydrogens is 424 g/mol. The highest BCUT2D eigenvalue weighted by atomic mass is 32.1. The minimum atomic E-state index is -0.860. The third-order valence-corrected chi connectivity index (χ3v) is 6.78. The molecule has 3 aromatic rings. The maximum atomic E-state index is 13.2. The number of aryl methyl sites for hydroxylation is 3. The molecule has 0 bridgehead atoms. The number of thiazole rings is 1. The van der Waals surface area contributed by atoms with Crippen molar-refractivity contribution in [3.63, 3.8) is 0 Å².